The number of piperidine rings is 1. The van der Waals surface area contributed by atoms with Crippen LogP contribution in [0.3, 0.4) is 0 Å². The minimum Gasteiger partial charge on any atom is -0.317 e. The fourth-order valence-electron chi connectivity index (χ4n) is 2.59. The zero-order valence-electron chi connectivity index (χ0n) is 11.7. The summed E-state index contributed by atoms with van der Waals surface area (Å²) in [5.74, 6) is 0. The van der Waals surface area contributed by atoms with E-state index in [-0.39, 0.29) is 11.3 Å². The van der Waals surface area contributed by atoms with Crippen LogP contribution in [0.15, 0.2) is 6.07 Å². The van der Waals surface area contributed by atoms with E-state index in [4.69, 9.17) is 0 Å². The fraction of sp³-hybridized carbons (Fsp3) is 0.692. The van der Waals surface area contributed by atoms with E-state index in [0.29, 0.717) is 12.8 Å². The van der Waals surface area contributed by atoms with Crippen molar-refractivity contribution < 1.29 is 8.42 Å². The molecule has 0 radical (unpaired) electrons. The zero-order valence-corrected chi connectivity index (χ0v) is 13.3. The average molecular weight is 302 g/mol. The number of rotatable bonds is 4. The van der Waals surface area contributed by atoms with Gasteiger partial charge in [0.15, 0.2) is 0 Å². The number of hydrogen-bond donors (Lipinski definition) is 2. The second kappa shape index (κ2) is 5.91. The predicted molar refractivity (Wildman–Crippen MR) is 80.2 cm³/mol. The second-order valence-corrected chi connectivity index (χ2v) is 8.66. The van der Waals surface area contributed by atoms with Gasteiger partial charge in [-0.05, 0) is 58.3 Å². The van der Waals surface area contributed by atoms with Crippen molar-refractivity contribution in [3.8, 4) is 0 Å². The van der Waals surface area contributed by atoms with E-state index in [9.17, 15) is 8.42 Å². The van der Waals surface area contributed by atoms with Crippen molar-refractivity contribution in [2.75, 3.05) is 13.1 Å². The summed E-state index contributed by atoms with van der Waals surface area (Å²) in [5, 5.41) is 2.94. The maximum Gasteiger partial charge on any atom is 0.215 e. The Kier molecular flexibility index (Phi) is 4.66. The molecule has 1 aliphatic heterocycles. The molecule has 108 valence electrons. The lowest BCUT2D eigenvalue weighted by atomic mass is 10.1. The van der Waals surface area contributed by atoms with E-state index in [1.54, 1.807) is 11.3 Å². The van der Waals surface area contributed by atoms with Crippen LogP contribution < -0.4 is 10.0 Å². The van der Waals surface area contributed by atoms with Crippen LogP contribution in [0, 0.1) is 13.8 Å². The van der Waals surface area contributed by atoms with Crippen molar-refractivity contribution in [3.63, 3.8) is 0 Å². The van der Waals surface area contributed by atoms with Gasteiger partial charge in [-0.25, -0.2) is 13.1 Å². The highest BCUT2D eigenvalue weighted by Gasteiger charge is 2.29. The minimum absolute atomic E-state index is 0.148. The average Bonchev–Trinajstić information content (AvgIpc) is 2.69. The van der Waals surface area contributed by atoms with E-state index in [2.05, 4.69) is 23.0 Å². The summed E-state index contributed by atoms with van der Waals surface area (Å²) in [7, 11) is -3.22. The predicted octanol–water partition coefficient (Wildman–Crippen LogP) is 2.10. The first-order valence-electron chi connectivity index (χ1n) is 6.69. The largest absolute Gasteiger partial charge is 0.317 e. The Balaban J connectivity index is 2.09. The van der Waals surface area contributed by atoms with Crippen LogP contribution in [-0.2, 0) is 10.0 Å². The quantitative estimate of drug-likeness (QED) is 0.895. The van der Waals surface area contributed by atoms with Crippen molar-refractivity contribution in [2.24, 2.45) is 0 Å². The SMILES string of the molecule is Cc1cc(C(C)NS(=O)(=O)C2CCNCC2)c(C)s1. The standard InChI is InChI=1S/C13H22N2O2S2/c1-9-8-13(11(3)18-9)10(2)15-19(16,17)12-4-6-14-7-5-12/h8,10,12,14-15H,4-7H2,1-3H3. The van der Waals surface area contributed by atoms with E-state index in [1.165, 1.54) is 9.75 Å². The van der Waals surface area contributed by atoms with Crippen molar-refractivity contribution in [3.05, 3.63) is 21.4 Å². The maximum absolute atomic E-state index is 12.4. The van der Waals surface area contributed by atoms with Crippen molar-refractivity contribution in [1.29, 1.82) is 0 Å². The smallest absolute Gasteiger partial charge is 0.215 e. The third-order valence-corrected chi connectivity index (χ3v) is 6.62. The summed E-state index contributed by atoms with van der Waals surface area (Å²) in [6.45, 7) is 7.59. The molecule has 0 spiro atoms. The van der Waals surface area contributed by atoms with E-state index >= 15 is 0 Å². The van der Waals surface area contributed by atoms with Crippen molar-refractivity contribution in [1.82, 2.24) is 10.0 Å². The van der Waals surface area contributed by atoms with Gasteiger partial charge in [0.1, 0.15) is 0 Å². The molecule has 2 rings (SSSR count). The Labute approximate surface area is 119 Å². The number of sulfonamides is 1. The summed E-state index contributed by atoms with van der Waals surface area (Å²) in [4.78, 5) is 2.42. The van der Waals surface area contributed by atoms with Crippen molar-refractivity contribution >= 4 is 21.4 Å². The number of thiophene rings is 1. The van der Waals surface area contributed by atoms with E-state index < -0.39 is 10.0 Å². The maximum atomic E-state index is 12.4. The summed E-state index contributed by atoms with van der Waals surface area (Å²) in [6, 6.07) is 1.93. The molecule has 1 atom stereocenters. The molecule has 1 unspecified atom stereocenters. The Morgan fingerprint density at radius 3 is 2.53 bits per heavy atom. The van der Waals surface area contributed by atoms with Crippen LogP contribution in [0.4, 0.5) is 0 Å². The fourth-order valence-corrected chi connectivity index (χ4v) is 5.28. The van der Waals surface area contributed by atoms with Gasteiger partial charge in [0, 0.05) is 15.8 Å². The molecule has 0 aliphatic carbocycles. The van der Waals surface area contributed by atoms with Gasteiger partial charge in [-0.15, -0.1) is 11.3 Å². The molecule has 1 aromatic rings. The van der Waals surface area contributed by atoms with E-state index in [0.717, 1.165) is 18.7 Å². The van der Waals surface area contributed by atoms with Gasteiger partial charge in [-0.2, -0.15) is 0 Å². The molecule has 2 heterocycles. The molecule has 4 nitrogen and oxygen atoms in total. The third kappa shape index (κ3) is 3.56. The first-order chi connectivity index (χ1) is 8.90. The van der Waals surface area contributed by atoms with Gasteiger partial charge in [0.25, 0.3) is 0 Å². The lowest BCUT2D eigenvalue weighted by molar-refractivity contribution is 0.484. The topological polar surface area (TPSA) is 58.2 Å². The van der Waals surface area contributed by atoms with Crippen molar-refractivity contribution in [2.45, 2.75) is 44.9 Å². The summed E-state index contributed by atoms with van der Waals surface area (Å²) in [5.41, 5.74) is 1.10. The van der Waals surface area contributed by atoms with Crippen LogP contribution in [-0.4, -0.2) is 26.8 Å². The van der Waals surface area contributed by atoms with Gasteiger partial charge >= 0.3 is 0 Å². The van der Waals surface area contributed by atoms with Gasteiger partial charge in [-0.3, -0.25) is 0 Å². The molecular formula is C13H22N2O2S2. The number of aryl methyl sites for hydroxylation is 2. The molecule has 1 fully saturated rings. The highest BCUT2D eigenvalue weighted by Crippen LogP contribution is 2.27. The third-order valence-electron chi connectivity index (χ3n) is 3.61. The molecule has 0 bridgehead atoms. The Morgan fingerprint density at radius 2 is 2.00 bits per heavy atom. The molecular weight excluding hydrogens is 280 g/mol. The van der Waals surface area contributed by atoms with Gasteiger partial charge in [0.05, 0.1) is 5.25 Å². The summed E-state index contributed by atoms with van der Waals surface area (Å²) in [6.07, 6.45) is 1.40. The van der Waals surface area contributed by atoms with Gasteiger partial charge < -0.3 is 5.32 Å². The molecule has 1 aromatic heterocycles. The molecule has 0 saturated carbocycles. The molecule has 2 N–H and O–H groups in total. The molecule has 1 aliphatic rings. The molecule has 19 heavy (non-hydrogen) atoms. The van der Waals surface area contributed by atoms with Crippen LogP contribution in [0.25, 0.3) is 0 Å². The second-order valence-electron chi connectivity index (χ2n) is 5.20. The Morgan fingerprint density at radius 1 is 1.37 bits per heavy atom. The van der Waals surface area contributed by atoms with Crippen LogP contribution >= 0.6 is 11.3 Å². The van der Waals surface area contributed by atoms with Crippen LogP contribution in [0.1, 0.15) is 41.1 Å². The highest BCUT2D eigenvalue weighted by molar-refractivity contribution is 7.90. The highest BCUT2D eigenvalue weighted by atomic mass is 32.2. The lowest BCUT2D eigenvalue weighted by Crippen LogP contribution is -2.42. The lowest BCUT2D eigenvalue weighted by Gasteiger charge is -2.25. The minimum atomic E-state index is -3.22. The van der Waals surface area contributed by atoms with E-state index in [1.807, 2.05) is 13.8 Å². The summed E-state index contributed by atoms with van der Waals surface area (Å²) >= 11 is 1.71. The first kappa shape index (κ1) is 15.0. The molecule has 6 heteroatoms. The Hall–Kier alpha value is -0.430. The van der Waals surface area contributed by atoms with Gasteiger partial charge in [-0.1, -0.05) is 0 Å². The molecule has 1 saturated heterocycles. The van der Waals surface area contributed by atoms with Gasteiger partial charge in [0.2, 0.25) is 10.0 Å². The Bertz CT molecular complexity index is 531. The normalized spacial score (nSPS) is 19.5. The van der Waals surface area contributed by atoms with Crippen LogP contribution in [0.2, 0.25) is 0 Å². The first-order valence-corrected chi connectivity index (χ1v) is 9.05. The number of nitrogens with one attached hydrogen (secondary N) is 2. The molecule has 0 aromatic carbocycles. The number of hydrogen-bond acceptors (Lipinski definition) is 4. The summed E-state index contributed by atoms with van der Waals surface area (Å²) < 4.78 is 27.6. The van der Waals surface area contributed by atoms with Crippen LogP contribution in [0.5, 0.6) is 0 Å². The monoisotopic (exact) mass is 302 g/mol. The molecule has 0 amide bonds. The zero-order chi connectivity index (χ0) is 14.0.